The van der Waals surface area contributed by atoms with Crippen molar-refractivity contribution in [2.24, 2.45) is 0 Å². The van der Waals surface area contributed by atoms with Crippen molar-refractivity contribution in [2.75, 3.05) is 13.1 Å². The predicted molar refractivity (Wildman–Crippen MR) is 114 cm³/mol. The molecule has 3 aromatic rings. The van der Waals surface area contributed by atoms with Gasteiger partial charge in [0.1, 0.15) is 0 Å². The normalized spacial score (nSPS) is 14.8. The molecule has 1 amide bonds. The maximum atomic E-state index is 11.2. The summed E-state index contributed by atoms with van der Waals surface area (Å²) in [5, 5.41) is 10.5. The molecule has 29 heavy (non-hydrogen) atoms. The van der Waals surface area contributed by atoms with Gasteiger partial charge in [0.15, 0.2) is 0 Å². The lowest BCUT2D eigenvalue weighted by atomic mass is 9.93. The van der Waals surface area contributed by atoms with Gasteiger partial charge in [-0.15, -0.1) is 0 Å². The van der Waals surface area contributed by atoms with Crippen molar-refractivity contribution in [1.82, 2.24) is 14.9 Å². The number of hydrogen-bond donors (Lipinski definition) is 1. The van der Waals surface area contributed by atoms with Crippen molar-refractivity contribution in [1.29, 1.82) is 0 Å². The average molecular weight is 428 g/mol. The summed E-state index contributed by atoms with van der Waals surface area (Å²) in [7, 11) is 0. The summed E-state index contributed by atoms with van der Waals surface area (Å²) in [5.41, 5.74) is 4.30. The van der Waals surface area contributed by atoms with E-state index in [2.05, 4.69) is 0 Å². The lowest BCUT2D eigenvalue weighted by molar-refractivity contribution is 0.131. The molecule has 0 radical (unpaired) electrons. The lowest BCUT2D eigenvalue weighted by Gasteiger charge is -2.29. The zero-order chi connectivity index (χ0) is 20.4. The minimum absolute atomic E-state index is 0.184. The van der Waals surface area contributed by atoms with Crippen LogP contribution in [0.15, 0.2) is 54.7 Å². The number of benzene rings is 2. The smallest absolute Gasteiger partial charge is 0.407 e. The molecule has 0 atom stereocenters. The molecule has 4 rings (SSSR count). The van der Waals surface area contributed by atoms with Gasteiger partial charge in [-0.1, -0.05) is 47.5 Å². The van der Waals surface area contributed by atoms with E-state index >= 15 is 0 Å². The van der Waals surface area contributed by atoms with Crippen LogP contribution in [0.2, 0.25) is 10.0 Å². The molecule has 0 bridgehead atoms. The maximum Gasteiger partial charge on any atom is 0.407 e. The Bertz CT molecular complexity index is 1020. The molecule has 0 aliphatic carbocycles. The Kier molecular flexibility index (Phi) is 5.69. The zero-order valence-electron chi connectivity index (χ0n) is 15.6. The second-order valence-electron chi connectivity index (χ2n) is 7.05. The second kappa shape index (κ2) is 8.39. The first kappa shape index (κ1) is 19.7. The van der Waals surface area contributed by atoms with E-state index in [0.29, 0.717) is 23.1 Å². The monoisotopic (exact) mass is 427 g/mol. The minimum Gasteiger partial charge on any atom is -0.465 e. The lowest BCUT2D eigenvalue weighted by Crippen LogP contribution is -2.37. The average Bonchev–Trinajstić information content (AvgIpc) is 2.75. The molecule has 0 spiro atoms. The van der Waals surface area contributed by atoms with Crippen molar-refractivity contribution in [3.63, 3.8) is 0 Å². The standard InChI is InChI=1S/C22H19Cl2N3O2/c23-17-5-1-15(2-6-17)20-21(16-3-7-18(24)8-4-16)26-19(13-25-20)14-9-11-27(12-10-14)22(28)29/h1-8,13-14H,9-12H2,(H,28,29). The summed E-state index contributed by atoms with van der Waals surface area (Å²) in [6.45, 7) is 1.02. The summed E-state index contributed by atoms with van der Waals surface area (Å²) in [6.07, 6.45) is 2.42. The first-order valence-electron chi connectivity index (χ1n) is 9.38. The Hall–Kier alpha value is -2.63. The fourth-order valence-electron chi connectivity index (χ4n) is 3.59. The summed E-state index contributed by atoms with van der Waals surface area (Å²) < 4.78 is 0. The number of rotatable bonds is 3. The first-order chi connectivity index (χ1) is 14.0. The van der Waals surface area contributed by atoms with Gasteiger partial charge in [-0.2, -0.15) is 0 Å². The second-order valence-corrected chi connectivity index (χ2v) is 7.92. The third-order valence-electron chi connectivity index (χ3n) is 5.21. The molecule has 2 aromatic carbocycles. The van der Waals surface area contributed by atoms with Crippen LogP contribution in [0.3, 0.4) is 0 Å². The molecule has 1 aliphatic heterocycles. The van der Waals surface area contributed by atoms with Gasteiger partial charge in [0, 0.05) is 46.4 Å². The van der Waals surface area contributed by atoms with E-state index in [1.807, 2.05) is 54.7 Å². The van der Waals surface area contributed by atoms with Crippen LogP contribution >= 0.6 is 23.2 Å². The van der Waals surface area contributed by atoms with Gasteiger partial charge in [-0.3, -0.25) is 4.98 Å². The van der Waals surface area contributed by atoms with Crippen LogP contribution in [0.4, 0.5) is 4.79 Å². The summed E-state index contributed by atoms with van der Waals surface area (Å²) in [4.78, 5) is 22.3. The van der Waals surface area contributed by atoms with Gasteiger partial charge < -0.3 is 10.0 Å². The van der Waals surface area contributed by atoms with Crippen LogP contribution in [0.5, 0.6) is 0 Å². The third kappa shape index (κ3) is 4.36. The van der Waals surface area contributed by atoms with E-state index in [-0.39, 0.29) is 5.92 Å². The number of carbonyl (C=O) groups is 1. The van der Waals surface area contributed by atoms with E-state index in [1.54, 1.807) is 0 Å². The number of aromatic nitrogens is 2. The van der Waals surface area contributed by atoms with Crippen LogP contribution in [-0.4, -0.2) is 39.2 Å². The third-order valence-corrected chi connectivity index (χ3v) is 5.71. The quantitative estimate of drug-likeness (QED) is 0.558. The Morgan fingerprint density at radius 2 is 1.41 bits per heavy atom. The molecule has 1 fully saturated rings. The first-order valence-corrected chi connectivity index (χ1v) is 10.1. The topological polar surface area (TPSA) is 66.3 Å². The molecule has 148 valence electrons. The van der Waals surface area contributed by atoms with Gasteiger partial charge in [0.25, 0.3) is 0 Å². The highest BCUT2D eigenvalue weighted by atomic mass is 35.5. The maximum absolute atomic E-state index is 11.2. The molecule has 1 aromatic heterocycles. The molecule has 7 heteroatoms. The predicted octanol–water partition coefficient (Wildman–Crippen LogP) is 5.97. The van der Waals surface area contributed by atoms with Crippen LogP contribution in [0.25, 0.3) is 22.5 Å². The van der Waals surface area contributed by atoms with E-state index in [9.17, 15) is 4.79 Å². The molecule has 5 nitrogen and oxygen atoms in total. The van der Waals surface area contributed by atoms with E-state index in [0.717, 1.165) is 41.1 Å². The van der Waals surface area contributed by atoms with Gasteiger partial charge >= 0.3 is 6.09 Å². The highest BCUT2D eigenvalue weighted by Crippen LogP contribution is 2.33. The Morgan fingerprint density at radius 3 is 1.93 bits per heavy atom. The number of nitrogens with zero attached hydrogens (tertiary/aromatic N) is 3. The fourth-order valence-corrected chi connectivity index (χ4v) is 3.85. The van der Waals surface area contributed by atoms with E-state index in [1.165, 1.54) is 4.90 Å². The van der Waals surface area contributed by atoms with Crippen LogP contribution in [-0.2, 0) is 0 Å². The van der Waals surface area contributed by atoms with Gasteiger partial charge in [-0.05, 0) is 37.1 Å². The van der Waals surface area contributed by atoms with Crippen molar-refractivity contribution in [3.8, 4) is 22.5 Å². The molecule has 2 heterocycles. The van der Waals surface area contributed by atoms with Crippen LogP contribution in [0.1, 0.15) is 24.5 Å². The summed E-state index contributed by atoms with van der Waals surface area (Å²) in [6, 6.07) is 15.1. The molecule has 1 aliphatic rings. The van der Waals surface area contributed by atoms with E-state index < -0.39 is 6.09 Å². The molecule has 0 unspecified atom stereocenters. The number of likely N-dealkylation sites (tertiary alicyclic amines) is 1. The molecule has 1 saturated heterocycles. The van der Waals surface area contributed by atoms with Crippen molar-refractivity contribution in [2.45, 2.75) is 18.8 Å². The Morgan fingerprint density at radius 1 is 0.897 bits per heavy atom. The van der Waals surface area contributed by atoms with Gasteiger partial charge in [0.2, 0.25) is 0 Å². The number of amides is 1. The highest BCUT2D eigenvalue weighted by molar-refractivity contribution is 6.31. The van der Waals surface area contributed by atoms with Crippen molar-refractivity contribution < 1.29 is 9.90 Å². The van der Waals surface area contributed by atoms with E-state index in [4.69, 9.17) is 38.3 Å². The van der Waals surface area contributed by atoms with Gasteiger partial charge in [-0.25, -0.2) is 9.78 Å². The Labute approximate surface area is 178 Å². The number of hydrogen-bond acceptors (Lipinski definition) is 3. The molecule has 0 saturated carbocycles. The van der Waals surface area contributed by atoms with Gasteiger partial charge in [0.05, 0.1) is 17.1 Å². The minimum atomic E-state index is -0.866. The Balaban J connectivity index is 1.72. The summed E-state index contributed by atoms with van der Waals surface area (Å²) in [5.74, 6) is 0.184. The number of carboxylic acid groups (broad SMARTS) is 1. The molecular weight excluding hydrogens is 409 g/mol. The van der Waals surface area contributed by atoms with Crippen LogP contribution < -0.4 is 0 Å². The van der Waals surface area contributed by atoms with Crippen LogP contribution in [0, 0.1) is 0 Å². The summed E-state index contributed by atoms with van der Waals surface area (Å²) >= 11 is 12.1. The zero-order valence-corrected chi connectivity index (χ0v) is 17.1. The number of piperidine rings is 1. The SMILES string of the molecule is O=C(O)N1CCC(c2cnc(-c3ccc(Cl)cc3)c(-c3ccc(Cl)cc3)n2)CC1. The fraction of sp³-hybridized carbons (Fsp3) is 0.227. The largest absolute Gasteiger partial charge is 0.465 e. The molecule has 1 N–H and O–H groups in total. The highest BCUT2D eigenvalue weighted by Gasteiger charge is 2.25. The number of halogens is 2. The molecular formula is C22H19Cl2N3O2. The van der Waals surface area contributed by atoms with Crippen molar-refractivity contribution in [3.05, 3.63) is 70.5 Å². The van der Waals surface area contributed by atoms with Crippen molar-refractivity contribution >= 4 is 29.3 Å².